The first-order valence-electron chi connectivity index (χ1n) is 11.5. The zero-order chi connectivity index (χ0) is 26.4. The quantitative estimate of drug-likeness (QED) is 0.229. The molecular weight excluding hydrogens is 502 g/mol. The summed E-state index contributed by atoms with van der Waals surface area (Å²) in [6.07, 6.45) is 2.77. The molecule has 0 bridgehead atoms. The van der Waals surface area contributed by atoms with Gasteiger partial charge in [-0.05, 0) is 28.3 Å². The Balaban J connectivity index is 1.57. The van der Waals surface area contributed by atoms with Crippen LogP contribution in [-0.4, -0.2) is 52.5 Å². The standard InChI is InChI=1S/C24H24ClN7O5/c1-2-3-8-21-26-23(25)20(14-33)30(21)13-16-9-11-17(12-10-16)18-6-4-5-7-19(18)24-27-29-31(28-24)22(34)15-37-32(35)36/h4-7,9-12,33H,2-3,8,13-15H2,1H3. The number of carbonyl (C=O) groups excluding carboxylic acids is 1. The second-order valence-electron chi connectivity index (χ2n) is 8.15. The number of hydrogen-bond acceptors (Lipinski definition) is 9. The fraction of sp³-hybridized carbons (Fsp3) is 0.292. The summed E-state index contributed by atoms with van der Waals surface area (Å²) < 4.78 is 1.96. The summed E-state index contributed by atoms with van der Waals surface area (Å²) in [5, 5.41) is 31.1. The predicted molar refractivity (Wildman–Crippen MR) is 133 cm³/mol. The molecule has 0 spiro atoms. The van der Waals surface area contributed by atoms with E-state index in [1.807, 2.05) is 47.0 Å². The van der Waals surface area contributed by atoms with Crippen LogP contribution in [0.4, 0.5) is 0 Å². The minimum atomic E-state index is -1.06. The topological polar surface area (TPSA) is 151 Å². The molecule has 37 heavy (non-hydrogen) atoms. The lowest BCUT2D eigenvalue weighted by Gasteiger charge is -2.12. The van der Waals surface area contributed by atoms with Gasteiger partial charge in [0.05, 0.1) is 12.3 Å². The van der Waals surface area contributed by atoms with Crippen molar-refractivity contribution in [2.24, 2.45) is 0 Å². The lowest BCUT2D eigenvalue weighted by Crippen LogP contribution is -2.21. The van der Waals surface area contributed by atoms with E-state index >= 15 is 0 Å². The largest absolute Gasteiger partial charge is 0.390 e. The summed E-state index contributed by atoms with van der Waals surface area (Å²) in [6.45, 7) is 1.61. The molecule has 2 aromatic carbocycles. The van der Waals surface area contributed by atoms with Gasteiger partial charge in [-0.3, -0.25) is 4.79 Å². The SMILES string of the molecule is CCCCc1nc(Cl)c(CO)n1Cc1ccc(-c2ccccc2-c2nnn(C(=O)CO[N+](=O)[O-])n2)cc1. The van der Waals surface area contributed by atoms with Crippen molar-refractivity contribution in [2.75, 3.05) is 6.61 Å². The molecule has 0 saturated heterocycles. The Bertz CT molecular complexity index is 1400. The van der Waals surface area contributed by atoms with E-state index in [2.05, 4.69) is 32.2 Å². The Kier molecular flexibility index (Phi) is 8.21. The van der Waals surface area contributed by atoms with E-state index in [9.17, 15) is 20.0 Å². The van der Waals surface area contributed by atoms with Crippen LogP contribution in [0.15, 0.2) is 48.5 Å². The molecule has 0 aliphatic heterocycles. The van der Waals surface area contributed by atoms with Crippen molar-refractivity contribution in [3.8, 4) is 22.5 Å². The number of aliphatic hydroxyl groups is 1. The van der Waals surface area contributed by atoms with Crippen molar-refractivity contribution in [3.05, 3.63) is 80.9 Å². The van der Waals surface area contributed by atoms with E-state index in [0.29, 0.717) is 27.8 Å². The van der Waals surface area contributed by atoms with Crippen LogP contribution in [0.1, 0.15) is 41.6 Å². The Labute approximate surface area is 216 Å². The average molecular weight is 526 g/mol. The van der Waals surface area contributed by atoms with Gasteiger partial charge in [-0.15, -0.1) is 20.3 Å². The van der Waals surface area contributed by atoms with Crippen LogP contribution in [0.25, 0.3) is 22.5 Å². The smallest absolute Gasteiger partial charge is 0.295 e. The van der Waals surface area contributed by atoms with E-state index in [4.69, 9.17) is 11.6 Å². The molecule has 4 rings (SSSR count). The predicted octanol–water partition coefficient (Wildman–Crippen LogP) is 3.59. The summed E-state index contributed by atoms with van der Waals surface area (Å²) in [6, 6.07) is 15.2. The normalized spacial score (nSPS) is 11.0. The number of imidazole rings is 1. The summed E-state index contributed by atoms with van der Waals surface area (Å²) in [4.78, 5) is 31.5. The van der Waals surface area contributed by atoms with Crippen molar-refractivity contribution in [1.82, 2.24) is 29.8 Å². The molecule has 0 radical (unpaired) electrons. The Hall–Kier alpha value is -4.16. The second-order valence-corrected chi connectivity index (χ2v) is 8.51. The third-order valence-electron chi connectivity index (χ3n) is 5.71. The van der Waals surface area contributed by atoms with Gasteiger partial charge in [0.15, 0.2) is 11.8 Å². The molecule has 2 heterocycles. The minimum absolute atomic E-state index is 0.190. The molecule has 12 nitrogen and oxygen atoms in total. The molecule has 192 valence electrons. The van der Waals surface area contributed by atoms with Crippen LogP contribution in [-0.2, 0) is 24.4 Å². The maximum Gasteiger partial charge on any atom is 0.295 e. The molecule has 0 fully saturated rings. The number of aryl methyl sites for hydroxylation is 1. The van der Waals surface area contributed by atoms with Crippen LogP contribution in [0.5, 0.6) is 0 Å². The third-order valence-corrected chi connectivity index (χ3v) is 6.01. The highest BCUT2D eigenvalue weighted by atomic mass is 35.5. The van der Waals surface area contributed by atoms with Crippen molar-refractivity contribution < 1.29 is 19.8 Å². The van der Waals surface area contributed by atoms with Crippen LogP contribution in [0.3, 0.4) is 0 Å². The maximum absolute atomic E-state index is 12.0. The first-order chi connectivity index (χ1) is 17.9. The number of unbranched alkanes of at least 4 members (excludes halogenated alkanes) is 1. The van der Waals surface area contributed by atoms with Crippen LogP contribution in [0, 0.1) is 10.1 Å². The van der Waals surface area contributed by atoms with Gasteiger partial charge in [-0.25, -0.2) is 4.98 Å². The van der Waals surface area contributed by atoms with E-state index in [1.165, 1.54) is 0 Å². The summed E-state index contributed by atoms with van der Waals surface area (Å²) in [7, 11) is 0. The second kappa shape index (κ2) is 11.7. The fourth-order valence-electron chi connectivity index (χ4n) is 3.86. The Morgan fingerprint density at radius 1 is 1.16 bits per heavy atom. The van der Waals surface area contributed by atoms with Gasteiger partial charge in [-0.1, -0.05) is 78.3 Å². The van der Waals surface area contributed by atoms with Gasteiger partial charge in [0.2, 0.25) is 5.82 Å². The molecule has 0 aliphatic carbocycles. The lowest BCUT2D eigenvalue weighted by atomic mass is 9.98. The summed E-state index contributed by atoms with van der Waals surface area (Å²) in [5.41, 5.74) is 3.93. The number of nitrogens with zero attached hydrogens (tertiary/aromatic N) is 7. The zero-order valence-electron chi connectivity index (χ0n) is 20.0. The highest BCUT2D eigenvalue weighted by Gasteiger charge is 2.18. The number of aromatic nitrogens is 6. The number of halogens is 1. The van der Waals surface area contributed by atoms with Gasteiger partial charge in [-0.2, -0.15) is 0 Å². The molecule has 2 aromatic heterocycles. The van der Waals surface area contributed by atoms with Crippen LogP contribution >= 0.6 is 11.6 Å². The van der Waals surface area contributed by atoms with Crippen molar-refractivity contribution in [3.63, 3.8) is 0 Å². The number of tetrazole rings is 1. The molecule has 4 aromatic rings. The molecule has 0 unspecified atom stereocenters. The first kappa shape index (κ1) is 25.9. The third kappa shape index (κ3) is 5.98. The van der Waals surface area contributed by atoms with Crippen molar-refractivity contribution in [2.45, 2.75) is 39.3 Å². The summed E-state index contributed by atoms with van der Waals surface area (Å²) >= 11 is 6.26. The lowest BCUT2D eigenvalue weighted by molar-refractivity contribution is -0.754. The van der Waals surface area contributed by atoms with Crippen LogP contribution in [0.2, 0.25) is 5.15 Å². The van der Waals surface area contributed by atoms with Gasteiger partial charge in [0.25, 0.3) is 11.0 Å². The average Bonchev–Trinajstić information content (AvgIpc) is 3.51. The molecule has 0 amide bonds. The van der Waals surface area contributed by atoms with Crippen LogP contribution < -0.4 is 0 Å². The van der Waals surface area contributed by atoms with Gasteiger partial charge in [0.1, 0.15) is 5.82 Å². The van der Waals surface area contributed by atoms with E-state index < -0.39 is 17.6 Å². The fourth-order valence-corrected chi connectivity index (χ4v) is 4.12. The molecular formula is C24H24ClN7O5. The number of hydrogen-bond donors (Lipinski definition) is 1. The maximum atomic E-state index is 12.0. The van der Waals surface area contributed by atoms with Crippen molar-refractivity contribution >= 4 is 17.5 Å². The van der Waals surface area contributed by atoms with E-state index in [0.717, 1.165) is 41.8 Å². The molecule has 0 atom stereocenters. The first-order valence-corrected chi connectivity index (χ1v) is 11.9. The Morgan fingerprint density at radius 2 is 1.89 bits per heavy atom. The highest BCUT2D eigenvalue weighted by Crippen LogP contribution is 2.30. The molecule has 1 N–H and O–H groups in total. The van der Waals surface area contributed by atoms with E-state index in [-0.39, 0.29) is 12.4 Å². The monoisotopic (exact) mass is 525 g/mol. The highest BCUT2D eigenvalue weighted by molar-refractivity contribution is 6.30. The van der Waals surface area contributed by atoms with E-state index in [1.54, 1.807) is 6.07 Å². The number of carbonyl (C=O) groups is 1. The zero-order valence-corrected chi connectivity index (χ0v) is 20.7. The molecule has 13 heteroatoms. The van der Waals surface area contributed by atoms with Crippen molar-refractivity contribution in [1.29, 1.82) is 0 Å². The molecule has 0 saturated carbocycles. The number of benzene rings is 2. The Morgan fingerprint density at radius 3 is 2.57 bits per heavy atom. The minimum Gasteiger partial charge on any atom is -0.390 e. The number of aliphatic hydroxyl groups excluding tert-OH is 1. The van der Waals surface area contributed by atoms with Gasteiger partial charge < -0.3 is 14.5 Å². The van der Waals surface area contributed by atoms with Gasteiger partial charge >= 0.3 is 0 Å². The number of rotatable bonds is 11. The molecule has 0 aliphatic rings. The summed E-state index contributed by atoms with van der Waals surface area (Å²) in [5.74, 6) is 0.213. The van der Waals surface area contributed by atoms with Gasteiger partial charge in [0, 0.05) is 18.5 Å².